The van der Waals surface area contributed by atoms with Crippen LogP contribution in [0.25, 0.3) is 28.1 Å². The Kier molecular flexibility index (Phi) is 6.40. The average Bonchev–Trinajstić information content (AvgIpc) is 3.47. The third-order valence-electron chi connectivity index (χ3n) is 5.11. The third kappa shape index (κ3) is 5.30. The number of nitrogens with zero attached hydrogens (tertiary/aromatic N) is 5. The molecule has 174 valence electrons. The summed E-state index contributed by atoms with van der Waals surface area (Å²) in [7, 11) is 0. The van der Waals surface area contributed by atoms with Crippen molar-refractivity contribution in [2.45, 2.75) is 19.0 Å². The normalized spacial score (nSPS) is 11.4. The molecule has 0 aliphatic rings. The van der Waals surface area contributed by atoms with Crippen LogP contribution in [0.1, 0.15) is 17.0 Å². The van der Waals surface area contributed by atoms with Crippen LogP contribution in [0, 0.1) is 13.8 Å². The molecule has 3 aromatic heterocycles. The number of hydrogen-bond acceptors (Lipinski definition) is 7. The predicted molar refractivity (Wildman–Crippen MR) is 137 cm³/mol. The van der Waals surface area contributed by atoms with Gasteiger partial charge in [-0.1, -0.05) is 48.2 Å². The van der Waals surface area contributed by atoms with Gasteiger partial charge in [-0.3, -0.25) is 4.79 Å². The number of fused-ring (bicyclic) bond motifs is 1. The molecule has 35 heavy (non-hydrogen) atoms. The van der Waals surface area contributed by atoms with Crippen LogP contribution < -0.4 is 5.43 Å². The summed E-state index contributed by atoms with van der Waals surface area (Å²) in [6.45, 7) is 3.80. The lowest BCUT2D eigenvalue weighted by molar-refractivity contribution is -0.118. The van der Waals surface area contributed by atoms with Gasteiger partial charge in [0, 0.05) is 28.5 Å². The Morgan fingerprint density at radius 2 is 1.80 bits per heavy atom. The van der Waals surface area contributed by atoms with Crippen molar-refractivity contribution in [3.8, 4) is 17.1 Å². The summed E-state index contributed by atoms with van der Waals surface area (Å²) < 4.78 is 7.80. The SMILES string of the molecule is Cc1cc(C)nc(SCC(=O)N/N=C\c2cn(-c3ccccc3)nc2-c2cc3ccccc3o2)n1. The van der Waals surface area contributed by atoms with E-state index in [9.17, 15) is 4.79 Å². The highest BCUT2D eigenvalue weighted by atomic mass is 32.2. The van der Waals surface area contributed by atoms with Gasteiger partial charge in [0.05, 0.1) is 17.7 Å². The number of hydrogen-bond donors (Lipinski definition) is 1. The molecule has 8 nitrogen and oxygen atoms in total. The molecule has 0 bridgehead atoms. The summed E-state index contributed by atoms with van der Waals surface area (Å²) in [6.07, 6.45) is 3.43. The highest BCUT2D eigenvalue weighted by Gasteiger charge is 2.15. The molecule has 0 saturated heterocycles. The van der Waals surface area contributed by atoms with Gasteiger partial charge < -0.3 is 4.42 Å². The van der Waals surface area contributed by atoms with Crippen LogP contribution in [0.5, 0.6) is 0 Å². The number of carbonyl (C=O) groups excluding carboxylic acids is 1. The van der Waals surface area contributed by atoms with E-state index in [1.165, 1.54) is 11.8 Å². The summed E-state index contributed by atoms with van der Waals surface area (Å²) in [6, 6.07) is 21.4. The maximum Gasteiger partial charge on any atom is 0.250 e. The Bertz CT molecular complexity index is 1470. The lowest BCUT2D eigenvalue weighted by Crippen LogP contribution is -2.19. The van der Waals surface area contributed by atoms with Gasteiger partial charge >= 0.3 is 0 Å². The quantitative estimate of drug-likeness (QED) is 0.153. The molecular formula is C26H22N6O2S. The molecular weight excluding hydrogens is 460 g/mol. The van der Waals surface area contributed by atoms with Crippen molar-refractivity contribution in [3.05, 3.63) is 89.9 Å². The fraction of sp³-hybridized carbons (Fsp3) is 0.115. The number of furan rings is 1. The molecule has 1 N–H and O–H groups in total. The van der Waals surface area contributed by atoms with Crippen LogP contribution in [-0.4, -0.2) is 37.6 Å². The Morgan fingerprint density at radius 3 is 2.57 bits per heavy atom. The molecule has 9 heteroatoms. The van der Waals surface area contributed by atoms with Crippen LogP contribution in [-0.2, 0) is 4.79 Å². The number of nitrogens with one attached hydrogen (secondary N) is 1. The summed E-state index contributed by atoms with van der Waals surface area (Å²) >= 11 is 1.27. The second-order valence-corrected chi connectivity index (χ2v) is 8.82. The van der Waals surface area contributed by atoms with Gasteiger partial charge in [-0.05, 0) is 44.2 Å². The number of aromatic nitrogens is 4. The number of carbonyl (C=O) groups is 1. The minimum absolute atomic E-state index is 0.153. The first-order chi connectivity index (χ1) is 17.0. The molecule has 5 aromatic rings. The first kappa shape index (κ1) is 22.5. The Morgan fingerprint density at radius 1 is 1.06 bits per heavy atom. The maximum atomic E-state index is 12.3. The Balaban J connectivity index is 1.36. The summed E-state index contributed by atoms with van der Waals surface area (Å²) in [4.78, 5) is 21.0. The molecule has 0 radical (unpaired) electrons. The zero-order valence-corrected chi connectivity index (χ0v) is 20.0. The highest BCUT2D eigenvalue weighted by molar-refractivity contribution is 7.99. The lowest BCUT2D eigenvalue weighted by atomic mass is 10.2. The smallest absolute Gasteiger partial charge is 0.250 e. The molecule has 0 fully saturated rings. The predicted octanol–water partition coefficient (Wildman–Crippen LogP) is 4.93. The monoisotopic (exact) mass is 482 g/mol. The van der Waals surface area contributed by atoms with E-state index < -0.39 is 0 Å². The number of amides is 1. The van der Waals surface area contributed by atoms with Crippen molar-refractivity contribution in [2.24, 2.45) is 5.10 Å². The van der Waals surface area contributed by atoms with E-state index in [1.54, 1.807) is 10.9 Å². The zero-order valence-electron chi connectivity index (χ0n) is 19.2. The van der Waals surface area contributed by atoms with E-state index in [1.807, 2.05) is 86.8 Å². The van der Waals surface area contributed by atoms with Gasteiger partial charge in [0.15, 0.2) is 10.9 Å². The first-order valence-electron chi connectivity index (χ1n) is 11.0. The Labute approximate surface area is 206 Å². The van der Waals surface area contributed by atoms with Gasteiger partial charge in [0.1, 0.15) is 11.3 Å². The molecule has 0 spiro atoms. The molecule has 0 aliphatic heterocycles. The van der Waals surface area contributed by atoms with Crippen molar-refractivity contribution < 1.29 is 9.21 Å². The van der Waals surface area contributed by atoms with E-state index in [2.05, 4.69) is 20.5 Å². The van der Waals surface area contributed by atoms with Crippen molar-refractivity contribution in [3.63, 3.8) is 0 Å². The van der Waals surface area contributed by atoms with Crippen LogP contribution in [0.3, 0.4) is 0 Å². The second-order valence-electron chi connectivity index (χ2n) is 7.88. The van der Waals surface area contributed by atoms with E-state index in [0.29, 0.717) is 22.2 Å². The minimum atomic E-state index is -0.255. The van der Waals surface area contributed by atoms with Crippen molar-refractivity contribution in [2.75, 3.05) is 5.75 Å². The van der Waals surface area contributed by atoms with Crippen molar-refractivity contribution >= 4 is 34.9 Å². The molecule has 3 heterocycles. The zero-order chi connectivity index (χ0) is 24.2. The fourth-order valence-electron chi connectivity index (χ4n) is 3.58. The van der Waals surface area contributed by atoms with Crippen molar-refractivity contribution in [1.29, 1.82) is 0 Å². The van der Waals surface area contributed by atoms with Gasteiger partial charge in [0.2, 0.25) is 0 Å². The molecule has 0 unspecified atom stereocenters. The minimum Gasteiger partial charge on any atom is -0.454 e. The molecule has 5 rings (SSSR count). The van der Waals surface area contributed by atoms with E-state index >= 15 is 0 Å². The van der Waals surface area contributed by atoms with E-state index in [-0.39, 0.29) is 11.7 Å². The molecule has 0 aliphatic carbocycles. The maximum absolute atomic E-state index is 12.3. The lowest BCUT2D eigenvalue weighted by Gasteiger charge is -2.02. The summed E-state index contributed by atoms with van der Waals surface area (Å²) in [5.74, 6) is 0.519. The first-order valence-corrected chi connectivity index (χ1v) is 11.9. The number of aryl methyl sites for hydroxylation is 2. The Hall–Kier alpha value is -4.24. The van der Waals surface area contributed by atoms with E-state index in [4.69, 9.17) is 9.52 Å². The van der Waals surface area contributed by atoms with Crippen LogP contribution in [0.15, 0.2) is 87.6 Å². The standard InChI is InChI=1S/C26H22N6O2S/c1-17-12-18(2)29-26(28-17)35-16-24(33)30-27-14-20-15-32(21-9-4-3-5-10-21)31-25(20)23-13-19-8-6-7-11-22(19)34-23/h3-15H,16H2,1-2H3,(H,30,33)/b27-14-. The van der Waals surface area contributed by atoms with Gasteiger partial charge in [-0.15, -0.1) is 0 Å². The second kappa shape index (κ2) is 9.94. The largest absolute Gasteiger partial charge is 0.454 e. The molecule has 2 aromatic carbocycles. The van der Waals surface area contributed by atoms with Crippen LogP contribution in [0.2, 0.25) is 0 Å². The topological polar surface area (TPSA) is 98.2 Å². The number of hydrazone groups is 1. The number of benzene rings is 2. The van der Waals surface area contributed by atoms with Crippen LogP contribution in [0.4, 0.5) is 0 Å². The third-order valence-corrected chi connectivity index (χ3v) is 5.96. The van der Waals surface area contributed by atoms with Crippen molar-refractivity contribution in [1.82, 2.24) is 25.2 Å². The summed E-state index contributed by atoms with van der Waals surface area (Å²) in [5.41, 5.74) is 7.32. The molecule has 1 amide bonds. The number of rotatable bonds is 7. The molecule has 0 saturated carbocycles. The van der Waals surface area contributed by atoms with Gasteiger partial charge in [-0.25, -0.2) is 20.1 Å². The molecule has 0 atom stereocenters. The summed E-state index contributed by atoms with van der Waals surface area (Å²) in [5, 5.41) is 10.4. The van der Waals surface area contributed by atoms with Gasteiger partial charge in [0.25, 0.3) is 5.91 Å². The number of para-hydroxylation sites is 2. The highest BCUT2D eigenvalue weighted by Crippen LogP contribution is 2.29. The number of thioether (sulfide) groups is 1. The average molecular weight is 483 g/mol. The van der Waals surface area contributed by atoms with Crippen LogP contribution >= 0.6 is 11.8 Å². The van der Waals surface area contributed by atoms with Gasteiger partial charge in [-0.2, -0.15) is 10.2 Å². The fourth-order valence-corrected chi connectivity index (χ4v) is 4.32. The van der Waals surface area contributed by atoms with E-state index in [0.717, 1.165) is 28.0 Å².